The van der Waals surface area contributed by atoms with Crippen LogP contribution >= 0.6 is 0 Å². The second-order valence-corrected chi connectivity index (χ2v) is 10.3. The van der Waals surface area contributed by atoms with Crippen LogP contribution in [0.15, 0.2) is 48.5 Å². The van der Waals surface area contributed by atoms with Crippen LogP contribution in [0.4, 0.5) is 4.79 Å². The van der Waals surface area contributed by atoms with Gasteiger partial charge in [0.05, 0.1) is 11.3 Å². The summed E-state index contributed by atoms with van der Waals surface area (Å²) < 4.78 is 5.67. The molecule has 7 heteroatoms. The number of ether oxygens (including phenoxy) is 1. The summed E-state index contributed by atoms with van der Waals surface area (Å²) in [4.78, 5) is 37.5. The van der Waals surface area contributed by atoms with E-state index < -0.39 is 17.5 Å². The number of hydrogen-bond donors (Lipinski definition) is 3. The number of rotatable bonds is 6. The molecule has 3 N–H and O–H groups in total. The maximum Gasteiger partial charge on any atom is 0.407 e. The van der Waals surface area contributed by atoms with E-state index in [-0.39, 0.29) is 36.4 Å². The monoisotopic (exact) mass is 476 g/mol. The Hall–Kier alpha value is -3.35. The highest BCUT2D eigenvalue weighted by Crippen LogP contribution is 2.44. The van der Waals surface area contributed by atoms with Crippen molar-refractivity contribution in [2.45, 2.75) is 63.5 Å². The zero-order valence-corrected chi connectivity index (χ0v) is 20.0. The molecule has 7 nitrogen and oxygen atoms in total. The van der Waals surface area contributed by atoms with Crippen molar-refractivity contribution in [3.63, 3.8) is 0 Å². The number of fused-ring (bicyclic) bond motifs is 3. The first-order valence-electron chi connectivity index (χ1n) is 12.5. The van der Waals surface area contributed by atoms with Crippen LogP contribution in [0.3, 0.4) is 0 Å². The van der Waals surface area contributed by atoms with Gasteiger partial charge in [-0.3, -0.25) is 9.59 Å². The van der Waals surface area contributed by atoms with Crippen LogP contribution in [0.25, 0.3) is 11.1 Å². The lowest BCUT2D eigenvalue weighted by Crippen LogP contribution is -2.51. The van der Waals surface area contributed by atoms with Crippen LogP contribution in [-0.2, 0) is 14.3 Å². The minimum atomic E-state index is -0.940. The quantitative estimate of drug-likeness (QED) is 0.571. The minimum Gasteiger partial charge on any atom is -0.481 e. The fraction of sp³-hybridized carbons (Fsp3) is 0.464. The molecule has 2 saturated carbocycles. The number of carboxylic acid groups (broad SMARTS) is 1. The Morgan fingerprint density at radius 3 is 2.26 bits per heavy atom. The van der Waals surface area contributed by atoms with Crippen molar-refractivity contribution in [3.05, 3.63) is 59.7 Å². The van der Waals surface area contributed by atoms with Gasteiger partial charge in [-0.25, -0.2) is 4.79 Å². The van der Waals surface area contributed by atoms with Gasteiger partial charge in [-0.2, -0.15) is 0 Å². The summed E-state index contributed by atoms with van der Waals surface area (Å²) in [5, 5.41) is 15.5. The molecule has 0 bridgehead atoms. The molecule has 2 fully saturated rings. The number of carbonyl (C=O) groups is 3. The number of carboxylic acids is 1. The predicted molar refractivity (Wildman–Crippen MR) is 131 cm³/mol. The van der Waals surface area contributed by atoms with E-state index in [1.165, 1.54) is 11.1 Å². The van der Waals surface area contributed by atoms with Crippen LogP contribution in [0.2, 0.25) is 0 Å². The van der Waals surface area contributed by atoms with Crippen LogP contribution < -0.4 is 10.6 Å². The standard InChI is InChI=1S/C28H32N2O5/c1-28(26(32)33)15-7-14-24(28)30-25(31)21-12-6-13-23(21)29-27(34)35-16-22-19-10-4-2-8-17(19)18-9-3-5-11-20(18)22/h2-5,8-11,21-24H,6-7,12-16H2,1H3,(H,29,34)(H,30,31)(H,32,33)/t21-,23+,24?,28?/m0/s1. The normalized spacial score (nSPS) is 27.2. The summed E-state index contributed by atoms with van der Waals surface area (Å²) in [7, 11) is 0. The molecular weight excluding hydrogens is 444 g/mol. The third kappa shape index (κ3) is 4.28. The molecule has 35 heavy (non-hydrogen) atoms. The van der Waals surface area contributed by atoms with E-state index >= 15 is 0 Å². The molecular formula is C28H32N2O5. The summed E-state index contributed by atoms with van der Waals surface area (Å²) in [5.41, 5.74) is 3.70. The molecule has 2 aromatic carbocycles. The SMILES string of the molecule is CC1(C(=O)O)CCCC1NC(=O)[C@H]1CCC[C@H]1NC(=O)OCC1c2ccccc2-c2ccccc21. The van der Waals surface area contributed by atoms with Crippen LogP contribution in [0, 0.1) is 11.3 Å². The summed E-state index contributed by atoms with van der Waals surface area (Å²) in [6.07, 6.45) is 3.66. The average molecular weight is 477 g/mol. The smallest absolute Gasteiger partial charge is 0.407 e. The topological polar surface area (TPSA) is 105 Å². The lowest BCUT2D eigenvalue weighted by molar-refractivity contribution is -0.149. The Kier molecular flexibility index (Phi) is 6.26. The van der Waals surface area contributed by atoms with Gasteiger partial charge in [0, 0.05) is 18.0 Å². The maximum absolute atomic E-state index is 13.0. The van der Waals surface area contributed by atoms with Gasteiger partial charge in [0.15, 0.2) is 0 Å². The largest absolute Gasteiger partial charge is 0.481 e. The molecule has 4 atom stereocenters. The third-order valence-corrected chi connectivity index (χ3v) is 8.26. The zero-order chi connectivity index (χ0) is 24.6. The second-order valence-electron chi connectivity index (χ2n) is 10.3. The van der Waals surface area contributed by atoms with Gasteiger partial charge in [-0.1, -0.05) is 61.4 Å². The van der Waals surface area contributed by atoms with Crippen LogP contribution in [0.1, 0.15) is 62.5 Å². The third-order valence-electron chi connectivity index (χ3n) is 8.26. The van der Waals surface area contributed by atoms with Gasteiger partial charge >= 0.3 is 12.1 Å². The number of alkyl carbamates (subject to hydrolysis) is 1. The zero-order valence-electron chi connectivity index (χ0n) is 20.0. The van der Waals surface area contributed by atoms with Crippen molar-refractivity contribution in [3.8, 4) is 11.1 Å². The number of benzene rings is 2. The Bertz CT molecular complexity index is 1100. The first-order chi connectivity index (χ1) is 16.9. The number of nitrogens with one attached hydrogen (secondary N) is 2. The molecule has 2 amide bonds. The van der Waals surface area contributed by atoms with Gasteiger partial charge in [0.25, 0.3) is 0 Å². The van der Waals surface area contributed by atoms with E-state index in [2.05, 4.69) is 34.9 Å². The minimum absolute atomic E-state index is 0.0214. The molecule has 0 heterocycles. The molecule has 0 saturated heterocycles. The number of amides is 2. The summed E-state index contributed by atoms with van der Waals surface area (Å²) >= 11 is 0. The van der Waals surface area contributed by atoms with Gasteiger partial charge in [0.2, 0.25) is 5.91 Å². The van der Waals surface area contributed by atoms with Gasteiger partial charge in [-0.15, -0.1) is 0 Å². The molecule has 2 unspecified atom stereocenters. The first-order valence-corrected chi connectivity index (χ1v) is 12.5. The molecule has 0 radical (unpaired) electrons. The van der Waals surface area contributed by atoms with Crippen molar-refractivity contribution >= 4 is 18.0 Å². The second kappa shape index (κ2) is 9.36. The van der Waals surface area contributed by atoms with E-state index in [1.54, 1.807) is 6.92 Å². The fourth-order valence-electron chi connectivity index (χ4n) is 6.17. The molecule has 5 rings (SSSR count). The van der Waals surface area contributed by atoms with Gasteiger partial charge < -0.3 is 20.5 Å². The molecule has 3 aliphatic carbocycles. The van der Waals surface area contributed by atoms with Crippen molar-refractivity contribution in [1.29, 1.82) is 0 Å². The van der Waals surface area contributed by atoms with Crippen molar-refractivity contribution in [1.82, 2.24) is 10.6 Å². The Morgan fingerprint density at radius 1 is 0.943 bits per heavy atom. The first kappa shape index (κ1) is 23.4. The summed E-state index contributed by atoms with van der Waals surface area (Å²) in [6, 6.07) is 15.7. The van der Waals surface area contributed by atoms with E-state index in [4.69, 9.17) is 4.74 Å². The highest BCUT2D eigenvalue weighted by molar-refractivity contribution is 5.83. The van der Waals surface area contributed by atoms with E-state index in [0.29, 0.717) is 25.7 Å². The molecule has 0 spiro atoms. The van der Waals surface area contributed by atoms with Crippen molar-refractivity contribution in [2.75, 3.05) is 6.61 Å². The summed E-state index contributed by atoms with van der Waals surface area (Å²) in [5.74, 6) is -1.45. The molecule has 0 aliphatic heterocycles. The van der Waals surface area contributed by atoms with Gasteiger partial charge in [0.1, 0.15) is 6.61 Å². The highest BCUT2D eigenvalue weighted by atomic mass is 16.5. The van der Waals surface area contributed by atoms with E-state index in [1.807, 2.05) is 24.3 Å². The van der Waals surface area contributed by atoms with E-state index in [0.717, 1.165) is 24.0 Å². The maximum atomic E-state index is 13.0. The lowest BCUT2D eigenvalue weighted by Gasteiger charge is -2.30. The van der Waals surface area contributed by atoms with Crippen LogP contribution in [0.5, 0.6) is 0 Å². The predicted octanol–water partition coefficient (Wildman–Crippen LogP) is 4.45. The van der Waals surface area contributed by atoms with Gasteiger partial charge in [-0.05, 0) is 54.9 Å². The Balaban J connectivity index is 1.20. The summed E-state index contributed by atoms with van der Waals surface area (Å²) in [6.45, 7) is 1.93. The number of carbonyl (C=O) groups excluding carboxylic acids is 2. The van der Waals surface area contributed by atoms with Crippen LogP contribution in [-0.4, -0.2) is 41.8 Å². The number of aliphatic carboxylic acids is 1. The average Bonchev–Trinajstić information content (AvgIpc) is 3.55. The molecule has 2 aromatic rings. The molecule has 184 valence electrons. The Morgan fingerprint density at radius 2 is 1.60 bits per heavy atom. The van der Waals surface area contributed by atoms with E-state index in [9.17, 15) is 19.5 Å². The molecule has 3 aliphatic rings. The lowest BCUT2D eigenvalue weighted by atomic mass is 9.84. The number of hydrogen-bond acceptors (Lipinski definition) is 4. The fourth-order valence-corrected chi connectivity index (χ4v) is 6.17. The highest BCUT2D eigenvalue weighted by Gasteiger charge is 2.47. The van der Waals surface area contributed by atoms with Crippen molar-refractivity contribution < 1.29 is 24.2 Å². The Labute approximate surface area is 205 Å². The molecule has 0 aromatic heterocycles. The van der Waals surface area contributed by atoms with Crippen molar-refractivity contribution in [2.24, 2.45) is 11.3 Å².